The summed E-state index contributed by atoms with van der Waals surface area (Å²) < 4.78 is 22.1. The molecular formula is C62H67Br2Cl3FN5O. The highest BCUT2D eigenvalue weighted by atomic mass is 79.9. The Morgan fingerprint density at radius 2 is 0.905 bits per heavy atom. The van der Waals surface area contributed by atoms with E-state index in [1.54, 1.807) is 6.07 Å². The zero-order valence-electron chi connectivity index (χ0n) is 43.9. The third-order valence-electron chi connectivity index (χ3n) is 11.4. The molecule has 0 saturated carbocycles. The van der Waals surface area contributed by atoms with Gasteiger partial charge in [0.15, 0.2) is 11.6 Å². The topological polar surface area (TPSA) is 34.2 Å². The number of rotatable bonds is 14. The molecule has 0 aromatic heterocycles. The van der Waals surface area contributed by atoms with Crippen molar-refractivity contribution < 1.29 is 9.13 Å². The number of nitrogens with zero attached hydrogens (tertiary/aromatic N) is 4. The van der Waals surface area contributed by atoms with Gasteiger partial charge in [-0.2, -0.15) is 0 Å². The summed E-state index contributed by atoms with van der Waals surface area (Å²) in [4.78, 5) is 8.36. The molecule has 0 atom stereocenters. The Balaban J connectivity index is 0.000000195. The molecular weight excluding hydrogens is 1120 g/mol. The van der Waals surface area contributed by atoms with Gasteiger partial charge in [0.25, 0.3) is 0 Å². The van der Waals surface area contributed by atoms with E-state index in [-0.39, 0.29) is 17.7 Å². The molecule has 1 N–H and O–H groups in total. The lowest BCUT2D eigenvalue weighted by Gasteiger charge is -2.18. The predicted octanol–water partition coefficient (Wildman–Crippen LogP) is 17.9. The molecule has 8 aromatic carbocycles. The molecule has 0 aliphatic carbocycles. The van der Waals surface area contributed by atoms with Crippen molar-refractivity contribution in [2.24, 2.45) is 0 Å². The number of anilines is 6. The molecule has 74 heavy (non-hydrogen) atoms. The monoisotopic (exact) mass is 1180 g/mol. The lowest BCUT2D eigenvalue weighted by molar-refractivity contribution is 0.231. The van der Waals surface area contributed by atoms with Crippen LogP contribution in [0.5, 0.6) is 5.75 Å². The summed E-state index contributed by atoms with van der Waals surface area (Å²) in [6, 6.07) is 58.2. The van der Waals surface area contributed by atoms with E-state index in [9.17, 15) is 4.39 Å². The number of nitrogens with one attached hydrogen (secondary N) is 1. The summed E-state index contributed by atoms with van der Waals surface area (Å²) in [6.07, 6.45) is 2.50. The van der Waals surface area contributed by atoms with E-state index in [4.69, 9.17) is 39.5 Å². The van der Waals surface area contributed by atoms with E-state index in [1.165, 1.54) is 45.4 Å². The van der Waals surface area contributed by atoms with Crippen LogP contribution >= 0.6 is 66.7 Å². The van der Waals surface area contributed by atoms with Crippen molar-refractivity contribution >= 4 is 101 Å². The second-order valence-corrected chi connectivity index (χ2v) is 21.8. The standard InChI is InChI=1S/C24H26ClFN2O.C15H15BrClN.C15H16ClN.C8H10BrN/c1-16(2)29-24-12-9-20(15-22(24)26)27-23-11-10-21(28(3)4)14-18(23)13-17-5-7-19(25)8-6-17;1-18(2)14-7-8-15(16)12(10-14)9-11-3-5-13(17)6-4-11;1-17(2)15-5-3-4-13(11-15)10-12-6-8-14(16)9-7-12;1-10(2)8-5-3-4-7(9)6-8/h5-12,14-16,27H,13H2,1-4H3;3-8,10H,9H2,1-2H3;3-9,11H,10H2,1-2H3;3-6H,1-2H3. The Kier molecular flexibility index (Phi) is 23.5. The maximum atomic E-state index is 14.4. The summed E-state index contributed by atoms with van der Waals surface area (Å²) in [7, 11) is 16.3. The van der Waals surface area contributed by atoms with Crippen molar-refractivity contribution in [2.45, 2.75) is 39.2 Å². The van der Waals surface area contributed by atoms with Gasteiger partial charge in [0.05, 0.1) is 6.10 Å². The average Bonchev–Trinajstić information content (AvgIpc) is 3.36. The molecule has 0 aliphatic heterocycles. The summed E-state index contributed by atoms with van der Waals surface area (Å²) in [5.74, 6) is -0.122. The molecule has 8 aromatic rings. The molecule has 0 aliphatic rings. The van der Waals surface area contributed by atoms with Gasteiger partial charge in [-0.25, -0.2) is 4.39 Å². The minimum absolute atomic E-state index is 0.0761. The second-order valence-electron chi connectivity index (χ2n) is 18.7. The van der Waals surface area contributed by atoms with Crippen LogP contribution < -0.4 is 29.7 Å². The third kappa shape index (κ3) is 19.9. The zero-order chi connectivity index (χ0) is 53.9. The molecule has 0 spiro atoms. The Morgan fingerprint density at radius 1 is 0.459 bits per heavy atom. The van der Waals surface area contributed by atoms with Gasteiger partial charge in [-0.15, -0.1) is 0 Å². The second kappa shape index (κ2) is 29.4. The smallest absolute Gasteiger partial charge is 0.167 e. The molecule has 6 nitrogen and oxygen atoms in total. The molecule has 0 saturated heterocycles. The van der Waals surface area contributed by atoms with Crippen LogP contribution in [0.4, 0.5) is 38.5 Å². The summed E-state index contributed by atoms with van der Waals surface area (Å²) >= 11 is 24.8. The first-order chi connectivity index (χ1) is 35.2. The molecule has 12 heteroatoms. The Hall–Kier alpha value is -5.68. The number of hydrogen-bond donors (Lipinski definition) is 1. The summed E-state index contributed by atoms with van der Waals surface area (Å²) in [5.41, 5.74) is 13.8. The van der Waals surface area contributed by atoms with Crippen LogP contribution in [0, 0.1) is 5.82 Å². The molecule has 0 fully saturated rings. The minimum atomic E-state index is -0.382. The lowest BCUT2D eigenvalue weighted by Crippen LogP contribution is -2.10. The van der Waals surface area contributed by atoms with Crippen LogP contribution in [-0.4, -0.2) is 62.5 Å². The fourth-order valence-corrected chi connectivity index (χ4v) is 8.52. The van der Waals surface area contributed by atoms with Gasteiger partial charge in [0.1, 0.15) is 0 Å². The average molecular weight is 1180 g/mol. The molecule has 388 valence electrons. The van der Waals surface area contributed by atoms with Crippen LogP contribution in [0.15, 0.2) is 185 Å². The van der Waals surface area contributed by atoms with Gasteiger partial charge in [0, 0.05) is 121 Å². The number of halogens is 6. The third-order valence-corrected chi connectivity index (χ3v) is 13.4. The first-order valence-electron chi connectivity index (χ1n) is 24.1. The van der Waals surface area contributed by atoms with E-state index in [2.05, 4.69) is 170 Å². The van der Waals surface area contributed by atoms with Crippen LogP contribution in [0.1, 0.15) is 47.2 Å². The van der Waals surface area contributed by atoms with Gasteiger partial charge < -0.3 is 29.7 Å². The fourth-order valence-electron chi connectivity index (χ4n) is 7.37. The van der Waals surface area contributed by atoms with E-state index < -0.39 is 0 Å². The SMILES string of the molecule is CC(C)Oc1ccc(Nc2ccc(N(C)C)cc2Cc2ccc(Cl)cc2)cc1F.CN(C)c1ccc(Br)c(Cc2ccc(Cl)cc2)c1.CN(C)c1cccc(Br)c1.CN(C)c1cccc(Cc2ccc(Cl)cc2)c1. The first kappa shape index (κ1) is 59.2. The molecule has 0 amide bonds. The van der Waals surface area contributed by atoms with Crippen LogP contribution in [0.25, 0.3) is 0 Å². The number of hydrogen-bond acceptors (Lipinski definition) is 6. The van der Waals surface area contributed by atoms with Crippen molar-refractivity contribution in [1.82, 2.24) is 0 Å². The number of benzene rings is 8. The predicted molar refractivity (Wildman–Crippen MR) is 327 cm³/mol. The largest absolute Gasteiger partial charge is 0.488 e. The fraction of sp³-hybridized carbons (Fsp3) is 0.226. The molecule has 8 rings (SSSR count). The van der Waals surface area contributed by atoms with Gasteiger partial charge in [-0.05, 0) is 182 Å². The maximum absolute atomic E-state index is 14.4. The van der Waals surface area contributed by atoms with E-state index in [0.29, 0.717) is 10.7 Å². The van der Waals surface area contributed by atoms with Gasteiger partial charge >= 0.3 is 0 Å². The normalized spacial score (nSPS) is 10.4. The van der Waals surface area contributed by atoms with Crippen molar-refractivity contribution in [2.75, 3.05) is 81.3 Å². The van der Waals surface area contributed by atoms with Crippen molar-refractivity contribution in [3.63, 3.8) is 0 Å². The van der Waals surface area contributed by atoms with E-state index in [0.717, 1.165) is 60.8 Å². The molecule has 0 unspecified atom stereocenters. The quantitative estimate of drug-likeness (QED) is 0.117. The van der Waals surface area contributed by atoms with E-state index >= 15 is 0 Å². The van der Waals surface area contributed by atoms with Gasteiger partial charge in [0.2, 0.25) is 0 Å². The van der Waals surface area contributed by atoms with Crippen molar-refractivity contribution in [3.05, 3.63) is 239 Å². The Morgan fingerprint density at radius 3 is 1.38 bits per heavy atom. The van der Waals surface area contributed by atoms with Crippen LogP contribution in [0.2, 0.25) is 15.1 Å². The summed E-state index contributed by atoms with van der Waals surface area (Å²) in [5, 5.41) is 5.63. The zero-order valence-corrected chi connectivity index (χ0v) is 49.3. The highest BCUT2D eigenvalue weighted by Crippen LogP contribution is 2.31. The van der Waals surface area contributed by atoms with Gasteiger partial charge in [-0.3, -0.25) is 0 Å². The van der Waals surface area contributed by atoms with Crippen molar-refractivity contribution in [1.29, 1.82) is 0 Å². The molecule has 0 bridgehead atoms. The van der Waals surface area contributed by atoms with Crippen molar-refractivity contribution in [3.8, 4) is 5.75 Å². The van der Waals surface area contributed by atoms with Crippen LogP contribution in [0.3, 0.4) is 0 Å². The van der Waals surface area contributed by atoms with E-state index in [1.807, 2.05) is 121 Å². The van der Waals surface area contributed by atoms with Gasteiger partial charge in [-0.1, -0.05) is 121 Å². The molecule has 0 radical (unpaired) electrons. The maximum Gasteiger partial charge on any atom is 0.167 e. The molecule has 0 heterocycles. The Bertz CT molecular complexity index is 2990. The minimum Gasteiger partial charge on any atom is -0.488 e. The van der Waals surface area contributed by atoms with Crippen LogP contribution in [-0.2, 0) is 19.3 Å². The lowest BCUT2D eigenvalue weighted by atomic mass is 10.0. The highest BCUT2D eigenvalue weighted by molar-refractivity contribution is 9.10. The summed E-state index contributed by atoms with van der Waals surface area (Å²) in [6.45, 7) is 3.75. The number of ether oxygens (including phenoxy) is 1. The first-order valence-corrected chi connectivity index (χ1v) is 26.9. The Labute approximate surface area is 471 Å². The highest BCUT2D eigenvalue weighted by Gasteiger charge is 2.11.